The summed E-state index contributed by atoms with van der Waals surface area (Å²) >= 11 is 0. The fourth-order valence-electron chi connectivity index (χ4n) is 3.39. The van der Waals surface area contributed by atoms with E-state index in [1.165, 1.54) is 41.9 Å². The molecule has 156 valence electrons. The Morgan fingerprint density at radius 3 is 2.37 bits per heavy atom. The molecule has 6 nitrogen and oxygen atoms in total. The third-order valence-electron chi connectivity index (χ3n) is 5.05. The summed E-state index contributed by atoms with van der Waals surface area (Å²) in [4.78, 5) is 14.8. The van der Waals surface area contributed by atoms with Gasteiger partial charge in [-0.3, -0.25) is 9.69 Å². The Balaban J connectivity index is 1.34. The van der Waals surface area contributed by atoms with E-state index >= 15 is 0 Å². The van der Waals surface area contributed by atoms with Crippen LogP contribution in [0, 0.1) is 5.82 Å². The van der Waals surface area contributed by atoms with Gasteiger partial charge in [-0.2, -0.15) is 9.78 Å². The standard InChI is InChI=1S/C23H24FN3O3/c24-19-5-3-18(4-6-19)17-30-22-15-23(28)27(25-16-22)20-7-9-21(10-8-20)29-14-13-26-11-1-2-12-26/h3-10,15-16H,1-2,11-14,17H2. The molecule has 3 aromatic rings. The molecule has 1 aliphatic rings. The van der Waals surface area contributed by atoms with Crippen LogP contribution in [0.5, 0.6) is 11.5 Å². The summed E-state index contributed by atoms with van der Waals surface area (Å²) in [5.74, 6) is 0.832. The second-order valence-corrected chi connectivity index (χ2v) is 7.25. The van der Waals surface area contributed by atoms with Crippen LogP contribution in [0.25, 0.3) is 5.69 Å². The Morgan fingerprint density at radius 2 is 1.67 bits per heavy atom. The molecule has 1 aliphatic heterocycles. The molecule has 4 rings (SSSR count). The molecule has 1 fully saturated rings. The summed E-state index contributed by atoms with van der Waals surface area (Å²) in [5.41, 5.74) is 1.16. The van der Waals surface area contributed by atoms with E-state index in [-0.39, 0.29) is 18.0 Å². The second kappa shape index (κ2) is 9.54. The number of rotatable bonds is 8. The number of halogens is 1. The summed E-state index contributed by atoms with van der Waals surface area (Å²) in [6, 6.07) is 14.7. The monoisotopic (exact) mass is 409 g/mol. The number of nitrogens with zero attached hydrogens (tertiary/aromatic N) is 3. The maximum atomic E-state index is 13.0. The van der Waals surface area contributed by atoms with Gasteiger partial charge in [0, 0.05) is 12.6 Å². The minimum absolute atomic E-state index is 0.231. The first-order valence-electron chi connectivity index (χ1n) is 10.1. The summed E-state index contributed by atoms with van der Waals surface area (Å²) < 4.78 is 25.6. The van der Waals surface area contributed by atoms with Crippen LogP contribution in [-0.4, -0.2) is 40.9 Å². The molecule has 2 aromatic carbocycles. The third-order valence-corrected chi connectivity index (χ3v) is 5.05. The van der Waals surface area contributed by atoms with Crippen LogP contribution in [0.1, 0.15) is 18.4 Å². The zero-order valence-electron chi connectivity index (χ0n) is 16.7. The number of likely N-dealkylation sites (tertiary alicyclic amines) is 1. The Bertz CT molecular complexity index is 1010. The topological polar surface area (TPSA) is 56.6 Å². The van der Waals surface area contributed by atoms with Crippen molar-refractivity contribution in [3.63, 3.8) is 0 Å². The molecule has 0 bridgehead atoms. The van der Waals surface area contributed by atoms with Gasteiger partial charge in [0.25, 0.3) is 5.56 Å². The van der Waals surface area contributed by atoms with E-state index in [1.807, 2.05) is 12.1 Å². The highest BCUT2D eigenvalue weighted by atomic mass is 19.1. The highest BCUT2D eigenvalue weighted by molar-refractivity contribution is 5.37. The van der Waals surface area contributed by atoms with Crippen molar-refractivity contribution in [3.05, 3.63) is 82.5 Å². The van der Waals surface area contributed by atoms with Gasteiger partial charge in [0.05, 0.1) is 11.9 Å². The van der Waals surface area contributed by atoms with E-state index in [9.17, 15) is 9.18 Å². The lowest BCUT2D eigenvalue weighted by molar-refractivity contribution is 0.238. The van der Waals surface area contributed by atoms with Crippen molar-refractivity contribution in [1.82, 2.24) is 14.7 Å². The first-order valence-corrected chi connectivity index (χ1v) is 10.1. The molecule has 1 aromatic heterocycles. The zero-order chi connectivity index (χ0) is 20.8. The SMILES string of the molecule is O=c1cc(OCc2ccc(F)cc2)cnn1-c1ccc(OCCN2CCCC2)cc1. The van der Waals surface area contributed by atoms with Gasteiger partial charge in [0.2, 0.25) is 0 Å². The highest BCUT2D eigenvalue weighted by Gasteiger charge is 2.11. The molecule has 7 heteroatoms. The van der Waals surface area contributed by atoms with Crippen LogP contribution in [0.15, 0.2) is 65.6 Å². The molecule has 0 aliphatic carbocycles. The van der Waals surface area contributed by atoms with Crippen molar-refractivity contribution in [3.8, 4) is 17.2 Å². The van der Waals surface area contributed by atoms with Crippen LogP contribution in [0.2, 0.25) is 0 Å². The molecule has 0 radical (unpaired) electrons. The maximum Gasteiger partial charge on any atom is 0.275 e. The van der Waals surface area contributed by atoms with Crippen molar-refractivity contribution in [2.75, 3.05) is 26.2 Å². The maximum absolute atomic E-state index is 13.0. The Labute approximate surface area is 174 Å². The molecule has 0 N–H and O–H groups in total. The minimum atomic E-state index is -0.300. The van der Waals surface area contributed by atoms with Crippen molar-refractivity contribution >= 4 is 0 Å². The van der Waals surface area contributed by atoms with Gasteiger partial charge in [-0.1, -0.05) is 12.1 Å². The number of benzene rings is 2. The van der Waals surface area contributed by atoms with Gasteiger partial charge in [-0.05, 0) is 67.9 Å². The van der Waals surface area contributed by atoms with Crippen LogP contribution < -0.4 is 15.0 Å². The van der Waals surface area contributed by atoms with E-state index in [0.717, 1.165) is 30.9 Å². The lowest BCUT2D eigenvalue weighted by Crippen LogP contribution is -2.25. The summed E-state index contributed by atoms with van der Waals surface area (Å²) in [7, 11) is 0. The van der Waals surface area contributed by atoms with E-state index in [4.69, 9.17) is 9.47 Å². The average Bonchev–Trinajstić information content (AvgIpc) is 3.28. The molecule has 2 heterocycles. The largest absolute Gasteiger partial charge is 0.492 e. The fourth-order valence-corrected chi connectivity index (χ4v) is 3.39. The van der Waals surface area contributed by atoms with Crippen molar-refractivity contribution in [2.45, 2.75) is 19.4 Å². The molecule has 1 saturated heterocycles. The zero-order valence-corrected chi connectivity index (χ0v) is 16.7. The lowest BCUT2D eigenvalue weighted by Gasteiger charge is -2.15. The van der Waals surface area contributed by atoms with Gasteiger partial charge in [0.1, 0.15) is 30.5 Å². The third kappa shape index (κ3) is 5.24. The summed E-state index contributed by atoms with van der Waals surface area (Å²) in [6.07, 6.45) is 4.03. The molecule has 0 saturated carbocycles. The molecule has 0 atom stereocenters. The van der Waals surface area contributed by atoms with Crippen LogP contribution in [0.4, 0.5) is 4.39 Å². The molecule has 0 amide bonds. The molecular weight excluding hydrogens is 385 g/mol. The number of hydrogen-bond donors (Lipinski definition) is 0. The number of aromatic nitrogens is 2. The van der Waals surface area contributed by atoms with E-state index in [2.05, 4.69) is 10.00 Å². The highest BCUT2D eigenvalue weighted by Crippen LogP contribution is 2.16. The molecule has 30 heavy (non-hydrogen) atoms. The predicted molar refractivity (Wildman–Crippen MR) is 112 cm³/mol. The Morgan fingerprint density at radius 1 is 0.933 bits per heavy atom. The Kier molecular flexibility index (Phi) is 6.39. The predicted octanol–water partition coefficient (Wildman–Crippen LogP) is 3.43. The second-order valence-electron chi connectivity index (χ2n) is 7.25. The summed E-state index contributed by atoms with van der Waals surface area (Å²) in [5, 5.41) is 4.19. The first-order chi connectivity index (χ1) is 14.7. The van der Waals surface area contributed by atoms with E-state index in [0.29, 0.717) is 18.0 Å². The molecule has 0 spiro atoms. The van der Waals surface area contributed by atoms with Gasteiger partial charge < -0.3 is 9.47 Å². The molecule has 0 unspecified atom stereocenters. The van der Waals surface area contributed by atoms with E-state index < -0.39 is 0 Å². The van der Waals surface area contributed by atoms with Crippen molar-refractivity contribution in [1.29, 1.82) is 0 Å². The lowest BCUT2D eigenvalue weighted by atomic mass is 10.2. The number of ether oxygens (including phenoxy) is 2. The number of hydrogen-bond acceptors (Lipinski definition) is 5. The van der Waals surface area contributed by atoms with Crippen LogP contribution in [0.3, 0.4) is 0 Å². The fraction of sp³-hybridized carbons (Fsp3) is 0.304. The smallest absolute Gasteiger partial charge is 0.275 e. The van der Waals surface area contributed by atoms with E-state index in [1.54, 1.807) is 24.3 Å². The average molecular weight is 409 g/mol. The quantitative estimate of drug-likeness (QED) is 0.571. The van der Waals surface area contributed by atoms with Gasteiger partial charge in [-0.15, -0.1) is 0 Å². The Hall–Kier alpha value is -3.19. The van der Waals surface area contributed by atoms with Crippen molar-refractivity contribution < 1.29 is 13.9 Å². The first kappa shape index (κ1) is 20.1. The van der Waals surface area contributed by atoms with Crippen LogP contribution >= 0.6 is 0 Å². The van der Waals surface area contributed by atoms with Gasteiger partial charge in [-0.25, -0.2) is 4.39 Å². The van der Waals surface area contributed by atoms with Gasteiger partial charge >= 0.3 is 0 Å². The van der Waals surface area contributed by atoms with Crippen molar-refractivity contribution in [2.24, 2.45) is 0 Å². The van der Waals surface area contributed by atoms with Crippen LogP contribution in [-0.2, 0) is 6.61 Å². The minimum Gasteiger partial charge on any atom is -0.492 e. The normalized spacial score (nSPS) is 14.0. The summed E-state index contributed by atoms with van der Waals surface area (Å²) in [6.45, 7) is 4.12. The molecular formula is C23H24FN3O3. The van der Waals surface area contributed by atoms with Gasteiger partial charge in [0.15, 0.2) is 0 Å².